The van der Waals surface area contributed by atoms with E-state index in [9.17, 15) is 0 Å². The second kappa shape index (κ2) is 9.16. The number of hydrogen-bond donors (Lipinski definition) is 2. The smallest absolute Gasteiger partial charge is 0.0526 e. The maximum atomic E-state index is 3.64. The van der Waals surface area contributed by atoms with Crippen LogP contribution in [0.15, 0.2) is 119 Å². The first-order valence-electron chi connectivity index (χ1n) is 9.34. The van der Waals surface area contributed by atoms with E-state index in [4.69, 9.17) is 0 Å². The summed E-state index contributed by atoms with van der Waals surface area (Å²) >= 11 is 1.77. The third-order valence-electron chi connectivity index (χ3n) is 4.40. The van der Waals surface area contributed by atoms with Gasteiger partial charge in [-0.05, 0) is 48.0 Å². The fourth-order valence-electron chi connectivity index (χ4n) is 2.97. The molecule has 4 aromatic rings. The summed E-state index contributed by atoms with van der Waals surface area (Å²) in [5, 5.41) is 7.13. The van der Waals surface area contributed by atoms with Crippen LogP contribution in [0.4, 0.5) is 17.1 Å². The van der Waals surface area contributed by atoms with Gasteiger partial charge in [0.2, 0.25) is 0 Å². The molecule has 0 saturated carbocycles. The van der Waals surface area contributed by atoms with Crippen LogP contribution in [-0.4, -0.2) is 0 Å². The SMILES string of the molecule is c1ccc(NCc2ccccc2Nc2ccccc2Sc2ccccc2)cc1. The number of para-hydroxylation sites is 3. The van der Waals surface area contributed by atoms with E-state index in [0.29, 0.717) is 0 Å². The molecule has 4 rings (SSSR count). The summed E-state index contributed by atoms with van der Waals surface area (Å²) in [4.78, 5) is 2.44. The molecule has 0 aromatic heterocycles. The average Bonchev–Trinajstić information content (AvgIpc) is 2.76. The second-order valence-corrected chi connectivity index (χ2v) is 7.53. The number of benzene rings is 4. The molecule has 0 atom stereocenters. The summed E-state index contributed by atoms with van der Waals surface area (Å²) in [6, 6.07) is 37.6. The van der Waals surface area contributed by atoms with E-state index in [1.807, 2.05) is 24.3 Å². The zero-order chi connectivity index (χ0) is 19.0. The van der Waals surface area contributed by atoms with Crippen molar-refractivity contribution in [2.75, 3.05) is 10.6 Å². The van der Waals surface area contributed by atoms with Gasteiger partial charge in [0.15, 0.2) is 0 Å². The van der Waals surface area contributed by atoms with Crippen LogP contribution in [0, 0.1) is 0 Å². The molecule has 0 spiro atoms. The highest BCUT2D eigenvalue weighted by Crippen LogP contribution is 2.35. The molecule has 0 aliphatic heterocycles. The van der Waals surface area contributed by atoms with Crippen LogP contribution in [0.5, 0.6) is 0 Å². The van der Waals surface area contributed by atoms with Crippen LogP contribution in [0.3, 0.4) is 0 Å². The highest BCUT2D eigenvalue weighted by Gasteiger charge is 2.07. The van der Waals surface area contributed by atoms with Gasteiger partial charge in [-0.15, -0.1) is 0 Å². The minimum Gasteiger partial charge on any atom is -0.381 e. The molecule has 0 aliphatic rings. The summed E-state index contributed by atoms with van der Waals surface area (Å²) in [7, 11) is 0. The van der Waals surface area contributed by atoms with Crippen molar-refractivity contribution < 1.29 is 0 Å². The van der Waals surface area contributed by atoms with E-state index in [2.05, 4.69) is 95.6 Å². The zero-order valence-electron chi connectivity index (χ0n) is 15.5. The van der Waals surface area contributed by atoms with E-state index in [-0.39, 0.29) is 0 Å². The van der Waals surface area contributed by atoms with E-state index >= 15 is 0 Å². The molecule has 28 heavy (non-hydrogen) atoms. The van der Waals surface area contributed by atoms with Gasteiger partial charge in [0.25, 0.3) is 0 Å². The van der Waals surface area contributed by atoms with Crippen molar-refractivity contribution in [3.05, 3.63) is 115 Å². The Balaban J connectivity index is 1.53. The van der Waals surface area contributed by atoms with E-state index in [1.165, 1.54) is 15.4 Å². The monoisotopic (exact) mass is 382 g/mol. The highest BCUT2D eigenvalue weighted by molar-refractivity contribution is 7.99. The summed E-state index contributed by atoms with van der Waals surface area (Å²) in [5.41, 5.74) is 4.58. The van der Waals surface area contributed by atoms with Crippen LogP contribution in [0.2, 0.25) is 0 Å². The topological polar surface area (TPSA) is 24.1 Å². The minimum absolute atomic E-state index is 0.765. The lowest BCUT2D eigenvalue weighted by Crippen LogP contribution is -2.03. The molecule has 0 heterocycles. The van der Waals surface area contributed by atoms with Crippen molar-refractivity contribution in [2.24, 2.45) is 0 Å². The fraction of sp³-hybridized carbons (Fsp3) is 0.0400. The Bertz CT molecular complexity index is 1020. The van der Waals surface area contributed by atoms with Crippen LogP contribution >= 0.6 is 11.8 Å². The first kappa shape index (κ1) is 18.2. The molecular formula is C25H22N2S. The van der Waals surface area contributed by atoms with Crippen molar-refractivity contribution in [2.45, 2.75) is 16.3 Å². The summed E-state index contributed by atoms with van der Waals surface area (Å²) in [6.07, 6.45) is 0. The fourth-order valence-corrected chi connectivity index (χ4v) is 3.89. The minimum atomic E-state index is 0.765. The van der Waals surface area contributed by atoms with Crippen LogP contribution in [0.25, 0.3) is 0 Å². The molecule has 0 unspecified atom stereocenters. The molecule has 3 heteroatoms. The van der Waals surface area contributed by atoms with Crippen LogP contribution in [-0.2, 0) is 6.54 Å². The van der Waals surface area contributed by atoms with Crippen molar-refractivity contribution >= 4 is 28.8 Å². The molecule has 0 saturated heterocycles. The van der Waals surface area contributed by atoms with Gasteiger partial charge in [-0.1, -0.05) is 78.5 Å². The Morgan fingerprint density at radius 3 is 1.96 bits per heavy atom. The lowest BCUT2D eigenvalue weighted by molar-refractivity contribution is 1.15. The summed E-state index contributed by atoms with van der Waals surface area (Å²) in [5.74, 6) is 0. The molecule has 0 amide bonds. The van der Waals surface area contributed by atoms with Crippen LogP contribution in [0.1, 0.15) is 5.56 Å². The van der Waals surface area contributed by atoms with Gasteiger partial charge in [-0.25, -0.2) is 0 Å². The Hall–Kier alpha value is -3.17. The Morgan fingerprint density at radius 2 is 1.18 bits per heavy atom. The van der Waals surface area contributed by atoms with Crippen molar-refractivity contribution in [3.8, 4) is 0 Å². The maximum Gasteiger partial charge on any atom is 0.0526 e. The molecule has 2 N–H and O–H groups in total. The normalized spacial score (nSPS) is 10.4. The first-order valence-corrected chi connectivity index (χ1v) is 10.2. The lowest BCUT2D eigenvalue weighted by Gasteiger charge is -2.16. The Labute approximate surface area is 170 Å². The molecular weight excluding hydrogens is 360 g/mol. The quantitative estimate of drug-likeness (QED) is 0.353. The van der Waals surface area contributed by atoms with Crippen LogP contribution < -0.4 is 10.6 Å². The summed E-state index contributed by atoms with van der Waals surface area (Å²) < 4.78 is 0. The molecule has 2 nitrogen and oxygen atoms in total. The second-order valence-electron chi connectivity index (χ2n) is 6.41. The first-order chi connectivity index (χ1) is 13.9. The number of hydrogen-bond acceptors (Lipinski definition) is 3. The number of anilines is 3. The molecule has 0 fully saturated rings. The van der Waals surface area contributed by atoms with Crippen molar-refractivity contribution in [1.82, 2.24) is 0 Å². The Morgan fingerprint density at radius 1 is 0.571 bits per heavy atom. The molecule has 138 valence electrons. The van der Waals surface area contributed by atoms with Crippen molar-refractivity contribution in [3.63, 3.8) is 0 Å². The van der Waals surface area contributed by atoms with E-state index < -0.39 is 0 Å². The van der Waals surface area contributed by atoms with Gasteiger partial charge in [0.05, 0.1) is 5.69 Å². The molecule has 0 aliphatic carbocycles. The zero-order valence-corrected chi connectivity index (χ0v) is 16.3. The van der Waals surface area contributed by atoms with E-state index in [1.54, 1.807) is 11.8 Å². The van der Waals surface area contributed by atoms with E-state index in [0.717, 1.165) is 23.6 Å². The van der Waals surface area contributed by atoms with Gasteiger partial charge >= 0.3 is 0 Å². The predicted molar refractivity (Wildman–Crippen MR) is 121 cm³/mol. The number of nitrogens with one attached hydrogen (secondary N) is 2. The molecule has 0 radical (unpaired) electrons. The Kier molecular flexibility index (Phi) is 5.95. The van der Waals surface area contributed by atoms with Gasteiger partial charge in [0.1, 0.15) is 0 Å². The third-order valence-corrected chi connectivity index (χ3v) is 5.49. The number of rotatable bonds is 7. The van der Waals surface area contributed by atoms with Gasteiger partial charge < -0.3 is 10.6 Å². The van der Waals surface area contributed by atoms with Crippen molar-refractivity contribution in [1.29, 1.82) is 0 Å². The largest absolute Gasteiger partial charge is 0.381 e. The van der Waals surface area contributed by atoms with Gasteiger partial charge in [0, 0.05) is 27.7 Å². The van der Waals surface area contributed by atoms with Gasteiger partial charge in [-0.2, -0.15) is 0 Å². The van der Waals surface area contributed by atoms with Gasteiger partial charge in [-0.3, -0.25) is 0 Å². The maximum absolute atomic E-state index is 3.64. The third kappa shape index (κ3) is 4.76. The average molecular weight is 383 g/mol. The lowest BCUT2D eigenvalue weighted by atomic mass is 10.1. The highest BCUT2D eigenvalue weighted by atomic mass is 32.2. The summed E-state index contributed by atoms with van der Waals surface area (Å²) in [6.45, 7) is 0.765. The standard InChI is InChI=1S/C25H22N2S/c1-3-12-21(13-4-1)26-19-20-11-7-8-16-23(20)27-24-17-9-10-18-25(24)28-22-14-5-2-6-15-22/h1-18,26-27H,19H2. The predicted octanol–water partition coefficient (Wildman–Crippen LogP) is 7.19. The molecule has 4 aromatic carbocycles. The molecule has 0 bridgehead atoms.